The lowest BCUT2D eigenvalue weighted by atomic mass is 10.2. The molecule has 0 spiro atoms. The molecule has 1 N–H and O–H groups in total. The third-order valence-electron chi connectivity index (χ3n) is 4.80. The average Bonchev–Trinajstić information content (AvgIpc) is 3.34. The van der Waals surface area contributed by atoms with Gasteiger partial charge >= 0.3 is 0 Å². The molecule has 156 valence electrons. The first-order valence-corrected chi connectivity index (χ1v) is 10.4. The van der Waals surface area contributed by atoms with Gasteiger partial charge in [-0.05, 0) is 26.0 Å². The van der Waals surface area contributed by atoms with Crippen LogP contribution in [0.2, 0.25) is 0 Å². The van der Waals surface area contributed by atoms with Gasteiger partial charge in [0.1, 0.15) is 15.6 Å². The van der Waals surface area contributed by atoms with Crippen molar-refractivity contribution in [1.82, 2.24) is 24.9 Å². The van der Waals surface area contributed by atoms with E-state index in [2.05, 4.69) is 20.4 Å². The lowest BCUT2D eigenvalue weighted by Crippen LogP contribution is -2.50. The van der Waals surface area contributed by atoms with Gasteiger partial charge in [-0.25, -0.2) is 4.98 Å². The minimum atomic E-state index is -0.151. The van der Waals surface area contributed by atoms with E-state index in [4.69, 9.17) is 4.52 Å². The summed E-state index contributed by atoms with van der Waals surface area (Å²) in [6, 6.07) is 7.31. The molecule has 1 saturated heterocycles. The highest BCUT2D eigenvalue weighted by atomic mass is 32.1. The normalized spacial score (nSPS) is 14.7. The van der Waals surface area contributed by atoms with Crippen LogP contribution in [0.25, 0.3) is 10.7 Å². The summed E-state index contributed by atoms with van der Waals surface area (Å²) in [6.07, 6.45) is 1.72. The molecule has 30 heavy (non-hydrogen) atoms. The molecule has 0 atom stereocenters. The van der Waals surface area contributed by atoms with Crippen LogP contribution in [0, 0.1) is 13.8 Å². The van der Waals surface area contributed by atoms with Crippen LogP contribution in [0.4, 0.5) is 5.82 Å². The van der Waals surface area contributed by atoms with Crippen molar-refractivity contribution in [1.29, 1.82) is 0 Å². The van der Waals surface area contributed by atoms with E-state index < -0.39 is 0 Å². The lowest BCUT2D eigenvalue weighted by molar-refractivity contribution is -0.117. The second-order valence-electron chi connectivity index (χ2n) is 7.09. The van der Waals surface area contributed by atoms with Gasteiger partial charge in [0.15, 0.2) is 5.82 Å². The summed E-state index contributed by atoms with van der Waals surface area (Å²) in [4.78, 5) is 38.5. The molecule has 4 heterocycles. The molecule has 0 unspecified atom stereocenters. The molecule has 0 aromatic carbocycles. The zero-order valence-electron chi connectivity index (χ0n) is 16.8. The second-order valence-corrected chi connectivity index (χ2v) is 8.09. The number of piperazine rings is 1. The van der Waals surface area contributed by atoms with E-state index in [0.717, 1.165) is 16.4 Å². The van der Waals surface area contributed by atoms with E-state index in [1.165, 1.54) is 11.3 Å². The number of amides is 2. The van der Waals surface area contributed by atoms with Crippen molar-refractivity contribution in [2.75, 3.05) is 38.0 Å². The number of carbonyl (C=O) groups is 2. The Morgan fingerprint density at radius 1 is 1.20 bits per heavy atom. The van der Waals surface area contributed by atoms with Crippen molar-refractivity contribution in [2.24, 2.45) is 0 Å². The summed E-state index contributed by atoms with van der Waals surface area (Å²) in [5.74, 6) is 0.883. The molecule has 0 radical (unpaired) electrons. The Hall–Kier alpha value is -3.11. The van der Waals surface area contributed by atoms with Crippen molar-refractivity contribution in [3.63, 3.8) is 0 Å². The molecule has 0 saturated carbocycles. The Labute approximate surface area is 177 Å². The zero-order chi connectivity index (χ0) is 21.1. The fourth-order valence-electron chi connectivity index (χ4n) is 3.26. The monoisotopic (exact) mass is 426 g/mol. The fraction of sp³-hybridized carbons (Fsp3) is 0.350. The number of aromatic nitrogens is 3. The van der Waals surface area contributed by atoms with Crippen molar-refractivity contribution >= 4 is 29.0 Å². The number of hydrogen-bond acceptors (Lipinski definition) is 8. The smallest absolute Gasteiger partial charge is 0.265 e. The molecule has 4 rings (SSSR count). The summed E-state index contributed by atoms with van der Waals surface area (Å²) in [6.45, 7) is 6.24. The summed E-state index contributed by atoms with van der Waals surface area (Å²) >= 11 is 1.37. The summed E-state index contributed by atoms with van der Waals surface area (Å²) < 4.78 is 4.95. The van der Waals surface area contributed by atoms with E-state index >= 15 is 0 Å². The molecule has 3 aromatic heterocycles. The highest BCUT2D eigenvalue weighted by Gasteiger charge is 2.26. The maximum absolute atomic E-state index is 13.0. The van der Waals surface area contributed by atoms with Crippen LogP contribution in [-0.2, 0) is 4.79 Å². The van der Waals surface area contributed by atoms with Gasteiger partial charge in [-0.1, -0.05) is 11.2 Å². The Balaban J connectivity index is 1.32. The molecule has 10 heteroatoms. The maximum atomic E-state index is 13.0. The molecule has 2 amide bonds. The third kappa shape index (κ3) is 4.55. The predicted molar refractivity (Wildman–Crippen MR) is 112 cm³/mol. The molecule has 1 aliphatic heterocycles. The van der Waals surface area contributed by atoms with Gasteiger partial charge in [-0.3, -0.25) is 19.5 Å². The molecular formula is C20H22N6O3S. The largest absolute Gasteiger partial charge is 0.360 e. The topological polar surface area (TPSA) is 104 Å². The molecule has 1 aliphatic rings. The second kappa shape index (κ2) is 8.72. The van der Waals surface area contributed by atoms with Gasteiger partial charge in [0, 0.05) is 38.4 Å². The van der Waals surface area contributed by atoms with E-state index in [1.54, 1.807) is 19.2 Å². The summed E-state index contributed by atoms with van der Waals surface area (Å²) in [7, 11) is 0. The molecule has 9 nitrogen and oxygen atoms in total. The Kier molecular flexibility index (Phi) is 5.86. The first-order valence-electron chi connectivity index (χ1n) is 9.63. The fourth-order valence-corrected chi connectivity index (χ4v) is 4.27. The first kappa shape index (κ1) is 20.2. The number of hydrogen-bond donors (Lipinski definition) is 1. The Morgan fingerprint density at radius 2 is 2.00 bits per heavy atom. The Bertz CT molecular complexity index is 1040. The van der Waals surface area contributed by atoms with Crippen LogP contribution < -0.4 is 5.32 Å². The van der Waals surface area contributed by atoms with Crippen molar-refractivity contribution in [2.45, 2.75) is 13.8 Å². The minimum absolute atomic E-state index is 0.0191. The van der Waals surface area contributed by atoms with E-state index in [1.807, 2.05) is 34.9 Å². The third-order valence-corrected chi connectivity index (χ3v) is 5.96. The lowest BCUT2D eigenvalue weighted by Gasteiger charge is -2.34. The number of aryl methyl sites for hydroxylation is 2. The molecule has 0 aliphatic carbocycles. The maximum Gasteiger partial charge on any atom is 0.265 e. The van der Waals surface area contributed by atoms with Crippen LogP contribution in [0.3, 0.4) is 0 Å². The van der Waals surface area contributed by atoms with Crippen LogP contribution in [-0.4, -0.2) is 69.5 Å². The molecular weight excluding hydrogens is 404 g/mol. The first-order chi connectivity index (χ1) is 14.5. The number of nitrogens with one attached hydrogen (secondary N) is 1. The van der Waals surface area contributed by atoms with Crippen molar-refractivity contribution in [3.05, 3.63) is 46.8 Å². The Morgan fingerprint density at radius 3 is 2.67 bits per heavy atom. The number of nitrogens with zero attached hydrogens (tertiary/aromatic N) is 5. The van der Waals surface area contributed by atoms with E-state index in [-0.39, 0.29) is 18.4 Å². The standard InChI is InChI=1S/C20H22N6O3S/c1-13-11-16(24-29-13)23-17(27)12-25-7-9-26(10-8-25)20(28)18-14(2)22-19(30-18)15-5-3-4-6-21-15/h3-6,11H,7-10,12H2,1-2H3,(H,23,24,27). The predicted octanol–water partition coefficient (Wildman–Crippen LogP) is 2.21. The van der Waals surface area contributed by atoms with Crippen LogP contribution in [0.15, 0.2) is 35.0 Å². The number of thiazole rings is 1. The number of pyridine rings is 1. The SMILES string of the molecule is Cc1cc(NC(=O)CN2CCN(C(=O)c3sc(-c4ccccn4)nc3C)CC2)no1. The highest BCUT2D eigenvalue weighted by Crippen LogP contribution is 2.27. The van der Waals surface area contributed by atoms with Gasteiger partial charge in [0.2, 0.25) is 5.91 Å². The average molecular weight is 427 g/mol. The van der Waals surface area contributed by atoms with Crippen LogP contribution in [0.1, 0.15) is 21.1 Å². The number of rotatable bonds is 5. The summed E-state index contributed by atoms with van der Waals surface area (Å²) in [5.41, 5.74) is 1.48. The molecule has 0 bridgehead atoms. The van der Waals surface area contributed by atoms with Crippen molar-refractivity contribution < 1.29 is 14.1 Å². The van der Waals surface area contributed by atoms with E-state index in [9.17, 15) is 9.59 Å². The number of anilines is 1. The van der Waals surface area contributed by atoms with Gasteiger partial charge < -0.3 is 14.7 Å². The van der Waals surface area contributed by atoms with Gasteiger partial charge in [0.25, 0.3) is 5.91 Å². The number of carbonyl (C=O) groups excluding carboxylic acids is 2. The summed E-state index contributed by atoms with van der Waals surface area (Å²) in [5, 5.41) is 7.22. The highest BCUT2D eigenvalue weighted by molar-refractivity contribution is 7.17. The van der Waals surface area contributed by atoms with Gasteiger partial charge in [-0.2, -0.15) is 0 Å². The van der Waals surface area contributed by atoms with Crippen molar-refractivity contribution in [3.8, 4) is 10.7 Å². The van der Waals surface area contributed by atoms with Gasteiger partial charge in [-0.15, -0.1) is 11.3 Å². The minimum Gasteiger partial charge on any atom is -0.360 e. The zero-order valence-corrected chi connectivity index (χ0v) is 17.6. The molecule has 1 fully saturated rings. The van der Waals surface area contributed by atoms with E-state index in [0.29, 0.717) is 42.6 Å². The van der Waals surface area contributed by atoms with Crippen LogP contribution in [0.5, 0.6) is 0 Å². The van der Waals surface area contributed by atoms with Crippen LogP contribution >= 0.6 is 11.3 Å². The molecule has 3 aromatic rings. The van der Waals surface area contributed by atoms with Gasteiger partial charge in [0.05, 0.1) is 17.9 Å². The quantitative estimate of drug-likeness (QED) is 0.667.